The first-order valence-corrected chi connectivity index (χ1v) is 12.1. The van der Waals surface area contributed by atoms with Gasteiger partial charge in [-0.15, -0.1) is 0 Å². The number of carbonyl (C=O) groups excluding carboxylic acids is 5. The number of hydrogen-bond acceptors (Lipinski definition) is 11. The molecule has 5 unspecified atom stereocenters. The van der Waals surface area contributed by atoms with Crippen molar-refractivity contribution in [2.45, 2.75) is 58.2 Å². The molecular weight excluding hydrogens is 605 g/mol. The molecular formula is C21H19Cl5O11. The third-order valence-corrected chi connectivity index (χ3v) is 6.84. The van der Waals surface area contributed by atoms with Gasteiger partial charge in [-0.2, -0.15) is 0 Å². The summed E-state index contributed by atoms with van der Waals surface area (Å²) >= 11 is 30.2. The molecule has 2 rings (SSSR count). The second kappa shape index (κ2) is 13.2. The Hall–Kier alpha value is -2.02. The first-order chi connectivity index (χ1) is 17.1. The summed E-state index contributed by atoms with van der Waals surface area (Å²) in [6.07, 6.45) is -8.00. The van der Waals surface area contributed by atoms with Crippen LogP contribution in [-0.2, 0) is 47.7 Å². The van der Waals surface area contributed by atoms with Gasteiger partial charge in [0.2, 0.25) is 0 Å². The number of benzene rings is 1. The van der Waals surface area contributed by atoms with Crippen LogP contribution in [0.2, 0.25) is 25.1 Å². The van der Waals surface area contributed by atoms with E-state index in [2.05, 4.69) is 0 Å². The Labute approximate surface area is 235 Å². The van der Waals surface area contributed by atoms with Gasteiger partial charge < -0.3 is 28.4 Å². The highest BCUT2D eigenvalue weighted by molar-refractivity contribution is 6.55. The minimum Gasteiger partial charge on any atom is -0.463 e. The molecule has 204 valence electrons. The topological polar surface area (TPSA) is 141 Å². The van der Waals surface area contributed by atoms with Crippen LogP contribution in [0.3, 0.4) is 0 Å². The smallest absolute Gasteiger partial charge is 0.344 e. The number of hydrogen-bond donors (Lipinski definition) is 0. The number of halogens is 5. The molecule has 1 aromatic carbocycles. The van der Waals surface area contributed by atoms with E-state index >= 15 is 0 Å². The molecule has 0 amide bonds. The summed E-state index contributed by atoms with van der Waals surface area (Å²) in [7, 11) is 0. The average Bonchev–Trinajstić information content (AvgIpc) is 2.79. The SMILES string of the molecule is CC(=O)OCC1OC(C(=O)Oc2c(Cl)c(Cl)c(Cl)c(Cl)c2Cl)C(OC(C)=O)C(OC(C)=O)C1OC(C)=O. The fraction of sp³-hybridized carbons (Fsp3) is 0.476. The van der Waals surface area contributed by atoms with Gasteiger partial charge in [0.05, 0.1) is 15.1 Å². The monoisotopic (exact) mass is 622 g/mol. The fourth-order valence-electron chi connectivity index (χ4n) is 3.25. The van der Waals surface area contributed by atoms with E-state index in [9.17, 15) is 24.0 Å². The maximum atomic E-state index is 13.3. The summed E-state index contributed by atoms with van der Waals surface area (Å²) in [5.41, 5.74) is 0. The van der Waals surface area contributed by atoms with Crippen LogP contribution < -0.4 is 4.74 Å². The van der Waals surface area contributed by atoms with Crippen LogP contribution in [0, 0.1) is 0 Å². The van der Waals surface area contributed by atoms with Crippen molar-refractivity contribution in [1.82, 2.24) is 0 Å². The Morgan fingerprint density at radius 1 is 0.649 bits per heavy atom. The predicted octanol–water partition coefficient (Wildman–Crippen LogP) is 3.98. The van der Waals surface area contributed by atoms with Gasteiger partial charge in [0.15, 0.2) is 30.2 Å². The fourth-order valence-corrected chi connectivity index (χ4v) is 4.45. The lowest BCUT2D eigenvalue weighted by molar-refractivity contribution is -0.252. The van der Waals surface area contributed by atoms with Crippen LogP contribution in [-0.4, -0.2) is 67.0 Å². The van der Waals surface area contributed by atoms with Crippen molar-refractivity contribution < 1.29 is 52.4 Å². The van der Waals surface area contributed by atoms with E-state index in [0.717, 1.165) is 27.7 Å². The largest absolute Gasteiger partial charge is 0.463 e. The average molecular weight is 625 g/mol. The van der Waals surface area contributed by atoms with Gasteiger partial charge in [0.25, 0.3) is 0 Å². The van der Waals surface area contributed by atoms with E-state index < -0.39 is 72.7 Å². The standard InChI is InChI=1S/C21H19Cl5O11/c1-6(27)32-5-10-16(33-7(2)28)18(34-8(3)29)19(35-9(4)30)20(36-10)21(31)37-17-14(25)12(23)11(22)13(24)15(17)26/h10,16,18-20H,5H2,1-4H3. The Bertz CT molecular complexity index is 1080. The normalized spacial score (nSPS) is 23.0. The molecule has 0 bridgehead atoms. The number of ether oxygens (including phenoxy) is 6. The highest BCUT2D eigenvalue weighted by Gasteiger charge is 2.55. The molecule has 0 saturated carbocycles. The van der Waals surface area contributed by atoms with Crippen LogP contribution >= 0.6 is 58.0 Å². The van der Waals surface area contributed by atoms with Crippen molar-refractivity contribution in [2.24, 2.45) is 0 Å². The lowest BCUT2D eigenvalue weighted by Crippen LogP contribution is -2.64. The molecule has 0 radical (unpaired) electrons. The molecule has 0 N–H and O–H groups in total. The zero-order valence-corrected chi connectivity index (χ0v) is 23.3. The van der Waals surface area contributed by atoms with E-state index in [-0.39, 0.29) is 25.1 Å². The molecule has 0 spiro atoms. The van der Waals surface area contributed by atoms with Crippen molar-refractivity contribution in [2.75, 3.05) is 6.61 Å². The lowest BCUT2D eigenvalue weighted by Gasteiger charge is -2.43. The van der Waals surface area contributed by atoms with Crippen LogP contribution in [0.1, 0.15) is 27.7 Å². The van der Waals surface area contributed by atoms with Gasteiger partial charge >= 0.3 is 29.8 Å². The molecule has 37 heavy (non-hydrogen) atoms. The van der Waals surface area contributed by atoms with Crippen LogP contribution in [0.5, 0.6) is 5.75 Å². The predicted molar refractivity (Wildman–Crippen MR) is 129 cm³/mol. The maximum Gasteiger partial charge on any atom is 0.344 e. The highest BCUT2D eigenvalue weighted by Crippen LogP contribution is 2.48. The Morgan fingerprint density at radius 2 is 1.08 bits per heavy atom. The van der Waals surface area contributed by atoms with Crippen LogP contribution in [0.25, 0.3) is 0 Å². The summed E-state index contributed by atoms with van der Waals surface area (Å²) in [4.78, 5) is 60.3. The van der Waals surface area contributed by atoms with E-state index in [1.54, 1.807) is 0 Å². The van der Waals surface area contributed by atoms with Gasteiger partial charge in [-0.25, -0.2) is 4.79 Å². The molecule has 1 heterocycles. The zero-order valence-electron chi connectivity index (χ0n) is 19.5. The summed E-state index contributed by atoms with van der Waals surface area (Å²) < 4.78 is 31.6. The molecule has 16 heteroatoms. The molecule has 5 atom stereocenters. The number of rotatable bonds is 7. The van der Waals surface area contributed by atoms with Crippen molar-refractivity contribution in [3.05, 3.63) is 25.1 Å². The quantitative estimate of drug-likeness (QED) is 0.143. The van der Waals surface area contributed by atoms with Gasteiger partial charge in [-0.3, -0.25) is 19.2 Å². The molecule has 0 aliphatic carbocycles. The molecule has 1 aliphatic rings. The zero-order chi connectivity index (χ0) is 28.2. The Morgan fingerprint density at radius 3 is 1.54 bits per heavy atom. The molecule has 1 fully saturated rings. The Balaban J connectivity index is 2.58. The third kappa shape index (κ3) is 7.75. The minimum absolute atomic E-state index is 0.203. The first-order valence-electron chi connectivity index (χ1n) is 10.2. The summed E-state index contributed by atoms with van der Waals surface area (Å²) in [5, 5.41) is -1.50. The first kappa shape index (κ1) is 31.2. The minimum atomic E-state index is -1.85. The maximum absolute atomic E-state index is 13.3. The van der Waals surface area contributed by atoms with Crippen molar-refractivity contribution >= 4 is 87.9 Å². The summed E-state index contributed by atoms with van der Waals surface area (Å²) in [6.45, 7) is 3.62. The molecule has 1 saturated heterocycles. The summed E-state index contributed by atoms with van der Waals surface area (Å²) in [5.74, 6) is -5.15. The lowest BCUT2D eigenvalue weighted by atomic mass is 9.94. The second-order valence-corrected chi connectivity index (χ2v) is 9.33. The molecule has 11 nitrogen and oxygen atoms in total. The van der Waals surface area contributed by atoms with E-state index in [4.69, 9.17) is 86.4 Å². The van der Waals surface area contributed by atoms with Gasteiger partial charge in [0.1, 0.15) is 22.8 Å². The number of carbonyl (C=O) groups is 5. The Kier molecular flexibility index (Phi) is 11.1. The second-order valence-electron chi connectivity index (χ2n) is 7.44. The van der Waals surface area contributed by atoms with Gasteiger partial charge in [-0.05, 0) is 0 Å². The third-order valence-electron chi connectivity index (χ3n) is 4.60. The van der Waals surface area contributed by atoms with Crippen molar-refractivity contribution in [1.29, 1.82) is 0 Å². The van der Waals surface area contributed by atoms with Crippen LogP contribution in [0.4, 0.5) is 0 Å². The molecule has 0 aromatic heterocycles. The number of esters is 5. The van der Waals surface area contributed by atoms with E-state index in [1.165, 1.54) is 0 Å². The van der Waals surface area contributed by atoms with Gasteiger partial charge in [-0.1, -0.05) is 58.0 Å². The molecule has 1 aromatic rings. The summed E-state index contributed by atoms with van der Waals surface area (Å²) in [6, 6.07) is 0. The van der Waals surface area contributed by atoms with Gasteiger partial charge in [0, 0.05) is 27.7 Å². The molecule has 1 aliphatic heterocycles. The van der Waals surface area contributed by atoms with E-state index in [1.807, 2.05) is 0 Å². The van der Waals surface area contributed by atoms with Crippen molar-refractivity contribution in [3.63, 3.8) is 0 Å². The van der Waals surface area contributed by atoms with Crippen molar-refractivity contribution in [3.8, 4) is 5.75 Å². The highest BCUT2D eigenvalue weighted by atomic mass is 35.5. The van der Waals surface area contributed by atoms with Crippen LogP contribution in [0.15, 0.2) is 0 Å². The van der Waals surface area contributed by atoms with E-state index in [0.29, 0.717) is 0 Å².